The number of aromatic hydroxyl groups is 1. The van der Waals surface area contributed by atoms with E-state index < -0.39 is 81.8 Å². The van der Waals surface area contributed by atoms with Crippen molar-refractivity contribution in [3.05, 3.63) is 52.8 Å². The molecule has 11 nitrogen and oxygen atoms in total. The van der Waals surface area contributed by atoms with Gasteiger partial charge in [-0.05, 0) is 67.7 Å². The number of primary amides is 1. The van der Waals surface area contributed by atoms with E-state index in [4.69, 9.17) is 5.73 Å². The zero-order chi connectivity index (χ0) is 30.8. The molecule has 0 aliphatic heterocycles. The number of nitrogens with zero attached hydrogens (tertiary/aromatic N) is 1. The Balaban J connectivity index is 1.69. The van der Waals surface area contributed by atoms with Crippen LogP contribution in [0, 0.1) is 29.5 Å². The van der Waals surface area contributed by atoms with Crippen LogP contribution in [0.3, 0.4) is 0 Å². The van der Waals surface area contributed by atoms with Crippen LogP contribution in [0.5, 0.6) is 5.75 Å². The number of Topliss-reactive ketones (excluding diaryl/α,β-unsaturated/α-hetero) is 4. The van der Waals surface area contributed by atoms with Gasteiger partial charge in [-0.1, -0.05) is 12.1 Å². The molecule has 42 heavy (non-hydrogen) atoms. The first-order valence-electron chi connectivity index (χ1n) is 13.4. The summed E-state index contributed by atoms with van der Waals surface area (Å²) in [6, 6.07) is 5.83. The number of fused-ring (bicyclic) bond motifs is 3. The second-order valence-corrected chi connectivity index (χ2v) is 11.5. The van der Waals surface area contributed by atoms with Gasteiger partial charge in [0.1, 0.15) is 11.6 Å². The molecule has 2 unspecified atom stereocenters. The lowest BCUT2D eigenvalue weighted by atomic mass is 9.52. The molecular formula is C30H30FN3O8. The highest BCUT2D eigenvalue weighted by atomic mass is 19.1. The van der Waals surface area contributed by atoms with E-state index in [0.717, 1.165) is 0 Å². The van der Waals surface area contributed by atoms with Gasteiger partial charge in [-0.3, -0.25) is 33.7 Å². The topological polar surface area (TPSA) is 184 Å². The fourth-order valence-corrected chi connectivity index (χ4v) is 6.97. The lowest BCUT2D eigenvalue weighted by Crippen LogP contribution is -2.74. The molecule has 220 valence electrons. The zero-order valence-corrected chi connectivity index (χ0v) is 23.1. The Labute approximate surface area is 239 Å². The molecule has 2 fully saturated rings. The maximum atomic E-state index is 14.1. The van der Waals surface area contributed by atoms with Crippen LogP contribution in [-0.4, -0.2) is 75.8 Å². The van der Waals surface area contributed by atoms with Crippen LogP contribution in [0.25, 0.3) is 11.1 Å². The molecule has 0 spiro atoms. The van der Waals surface area contributed by atoms with Crippen molar-refractivity contribution in [1.29, 1.82) is 0 Å². The van der Waals surface area contributed by atoms with Crippen molar-refractivity contribution in [3.63, 3.8) is 0 Å². The number of aliphatic hydroxyl groups is 1. The largest absolute Gasteiger partial charge is 0.507 e. The quantitative estimate of drug-likeness (QED) is 0.362. The first-order chi connectivity index (χ1) is 19.7. The number of hydrogen-bond acceptors (Lipinski definition) is 9. The Hall–Kier alpha value is -4.29. The normalized spacial score (nSPS) is 28.7. The fraction of sp³-hybridized carbons (Fsp3) is 0.400. The van der Waals surface area contributed by atoms with E-state index in [-0.39, 0.29) is 30.5 Å². The molecule has 0 saturated heterocycles. The average molecular weight is 580 g/mol. The summed E-state index contributed by atoms with van der Waals surface area (Å²) in [5, 5.41) is 25.5. The standard InChI is InChI=1S/C30H30FN3O8/c1-12(35)33-11-15-9-17(13-4-6-16(31)7-5-13)18-8-14-10-19-23(34(2)3)26(38)22(29(32)41)28(40)30(19,42)27(39)20(14)25(37)21(18)24(15)36/h4-7,9,14,19-20,22-23,36,42H,8,10-11H2,1-3H3,(H2,32,41)(H,33,35)/t14-,19-,20?,22?,23-,30-/m0/s1. The second-order valence-electron chi connectivity index (χ2n) is 11.5. The molecule has 0 heterocycles. The SMILES string of the molecule is CC(=O)NCc1cc(-c2ccc(F)cc2)c2c(c1O)C(=O)C1C(=O)[C@]3(O)C(=O)C(C(N)=O)C(=O)[C@@H](N(C)C)[C@@H]3C[C@@H]1C2. The molecule has 3 aliphatic rings. The first kappa shape index (κ1) is 29.2. The van der Waals surface area contributed by atoms with Crippen molar-refractivity contribution in [2.45, 2.75) is 38.0 Å². The molecule has 6 atom stereocenters. The lowest BCUT2D eigenvalue weighted by molar-refractivity contribution is -0.181. The highest BCUT2D eigenvalue weighted by Crippen LogP contribution is 2.52. The maximum absolute atomic E-state index is 14.1. The molecule has 5 N–H and O–H groups in total. The van der Waals surface area contributed by atoms with Crippen molar-refractivity contribution >= 4 is 34.9 Å². The summed E-state index contributed by atoms with van der Waals surface area (Å²) in [5.74, 6) is -12.5. The first-order valence-corrected chi connectivity index (χ1v) is 13.4. The molecule has 2 saturated carbocycles. The third-order valence-electron chi connectivity index (χ3n) is 8.82. The minimum atomic E-state index is -2.83. The number of phenols is 1. The minimum absolute atomic E-state index is 0.0481. The predicted molar refractivity (Wildman–Crippen MR) is 144 cm³/mol. The van der Waals surface area contributed by atoms with Crippen LogP contribution in [0.15, 0.2) is 30.3 Å². The van der Waals surface area contributed by atoms with E-state index in [9.17, 15) is 43.4 Å². The predicted octanol–water partition coefficient (Wildman–Crippen LogP) is 0.309. The van der Waals surface area contributed by atoms with Crippen LogP contribution < -0.4 is 11.1 Å². The van der Waals surface area contributed by atoms with Crippen LogP contribution in [0.1, 0.15) is 34.8 Å². The van der Waals surface area contributed by atoms with E-state index in [1.165, 1.54) is 50.2 Å². The summed E-state index contributed by atoms with van der Waals surface area (Å²) in [7, 11) is 3.02. The molecule has 5 rings (SSSR count). The lowest BCUT2D eigenvalue weighted by Gasteiger charge is -2.52. The van der Waals surface area contributed by atoms with Crippen molar-refractivity contribution in [2.75, 3.05) is 14.1 Å². The van der Waals surface area contributed by atoms with Crippen LogP contribution >= 0.6 is 0 Å². The summed E-state index contributed by atoms with van der Waals surface area (Å²) in [5.41, 5.74) is 3.83. The number of amides is 2. The Kier molecular flexibility index (Phi) is 7.10. The van der Waals surface area contributed by atoms with E-state index in [1.54, 1.807) is 6.07 Å². The third kappa shape index (κ3) is 4.24. The van der Waals surface area contributed by atoms with Crippen molar-refractivity contribution in [2.24, 2.45) is 29.4 Å². The number of hydrogen-bond donors (Lipinski definition) is 4. The Bertz CT molecular complexity index is 1570. The Morgan fingerprint density at radius 2 is 1.76 bits per heavy atom. The van der Waals surface area contributed by atoms with E-state index in [0.29, 0.717) is 16.7 Å². The smallest absolute Gasteiger partial charge is 0.235 e. The number of halogens is 1. The van der Waals surface area contributed by atoms with Gasteiger partial charge in [0.2, 0.25) is 11.8 Å². The third-order valence-corrected chi connectivity index (χ3v) is 8.82. The maximum Gasteiger partial charge on any atom is 0.235 e. The van der Waals surface area contributed by atoms with Gasteiger partial charge in [0, 0.05) is 24.9 Å². The van der Waals surface area contributed by atoms with E-state index >= 15 is 0 Å². The van der Waals surface area contributed by atoms with Gasteiger partial charge in [-0.15, -0.1) is 0 Å². The van der Waals surface area contributed by atoms with Crippen molar-refractivity contribution in [1.82, 2.24) is 10.2 Å². The fourth-order valence-electron chi connectivity index (χ4n) is 6.97. The van der Waals surface area contributed by atoms with Crippen molar-refractivity contribution in [3.8, 4) is 16.9 Å². The molecule has 0 aromatic heterocycles. The van der Waals surface area contributed by atoms with E-state index in [2.05, 4.69) is 5.32 Å². The number of ketones is 4. The summed E-state index contributed by atoms with van der Waals surface area (Å²) in [6.45, 7) is 1.12. The summed E-state index contributed by atoms with van der Waals surface area (Å²) >= 11 is 0. The van der Waals surface area contributed by atoms with Crippen LogP contribution in [0.4, 0.5) is 4.39 Å². The minimum Gasteiger partial charge on any atom is -0.507 e. The molecule has 0 radical (unpaired) electrons. The van der Waals surface area contributed by atoms with Gasteiger partial charge in [0.15, 0.2) is 34.7 Å². The van der Waals surface area contributed by atoms with Crippen LogP contribution in [0.2, 0.25) is 0 Å². The van der Waals surface area contributed by atoms with Gasteiger partial charge >= 0.3 is 0 Å². The number of benzene rings is 2. The molecular weight excluding hydrogens is 549 g/mol. The molecule has 12 heteroatoms. The van der Waals surface area contributed by atoms with Gasteiger partial charge in [0.05, 0.1) is 17.5 Å². The number of carbonyl (C=O) groups is 6. The number of rotatable bonds is 5. The Morgan fingerprint density at radius 3 is 2.33 bits per heavy atom. The number of likely N-dealkylation sites (N-methyl/N-ethyl adjacent to an activating group) is 1. The highest BCUT2D eigenvalue weighted by molar-refractivity contribution is 6.32. The molecule has 2 aromatic carbocycles. The Morgan fingerprint density at radius 1 is 1.12 bits per heavy atom. The second kappa shape index (κ2) is 10.2. The van der Waals surface area contributed by atoms with Gasteiger partial charge < -0.3 is 21.3 Å². The molecule has 2 amide bonds. The summed E-state index contributed by atoms with van der Waals surface area (Å²) in [6.07, 6.45) is -0.0479. The molecule has 2 aromatic rings. The number of nitrogens with one attached hydrogen (secondary N) is 1. The van der Waals surface area contributed by atoms with Gasteiger partial charge in [0.25, 0.3) is 0 Å². The van der Waals surface area contributed by atoms with Gasteiger partial charge in [-0.2, -0.15) is 0 Å². The number of nitrogens with two attached hydrogens (primary N) is 1. The van der Waals surface area contributed by atoms with Crippen LogP contribution in [-0.2, 0) is 36.9 Å². The van der Waals surface area contributed by atoms with Gasteiger partial charge in [-0.25, -0.2) is 4.39 Å². The number of carbonyl (C=O) groups excluding carboxylic acids is 6. The number of phenolic OH excluding ortho intramolecular Hbond substituents is 1. The molecule has 0 bridgehead atoms. The summed E-state index contributed by atoms with van der Waals surface area (Å²) < 4.78 is 13.8. The molecule has 3 aliphatic carbocycles. The highest BCUT2D eigenvalue weighted by Gasteiger charge is 2.69. The average Bonchev–Trinajstić information content (AvgIpc) is 2.90. The summed E-state index contributed by atoms with van der Waals surface area (Å²) in [4.78, 5) is 80.0. The monoisotopic (exact) mass is 579 g/mol. The van der Waals surface area contributed by atoms with Crippen molar-refractivity contribution < 1.29 is 43.4 Å². The van der Waals surface area contributed by atoms with E-state index in [1.807, 2.05) is 0 Å². The zero-order valence-electron chi connectivity index (χ0n) is 23.1.